The van der Waals surface area contributed by atoms with Crippen molar-refractivity contribution in [1.29, 1.82) is 0 Å². The molecule has 2 heterocycles. The molecule has 1 atom stereocenters. The number of fused-ring (bicyclic) bond motifs is 1. The summed E-state index contributed by atoms with van der Waals surface area (Å²) in [6.07, 6.45) is 1.14. The summed E-state index contributed by atoms with van der Waals surface area (Å²) in [5.41, 5.74) is 7.27. The van der Waals surface area contributed by atoms with E-state index in [0.717, 1.165) is 6.42 Å². The molecule has 0 fully saturated rings. The van der Waals surface area contributed by atoms with Gasteiger partial charge in [0, 0.05) is 30.8 Å². The van der Waals surface area contributed by atoms with E-state index >= 15 is 0 Å². The molecule has 1 aliphatic heterocycles. The number of amides is 1. The molecule has 1 aromatic heterocycles. The summed E-state index contributed by atoms with van der Waals surface area (Å²) in [7, 11) is 1.70. The van der Waals surface area contributed by atoms with Gasteiger partial charge in [-0.1, -0.05) is 30.3 Å². The van der Waals surface area contributed by atoms with Crippen molar-refractivity contribution in [3.05, 3.63) is 65.9 Å². The summed E-state index contributed by atoms with van der Waals surface area (Å²) in [6.45, 7) is 1.13. The first-order chi connectivity index (χ1) is 14.5. The Bertz CT molecular complexity index is 1080. The number of ether oxygens (including phenoxy) is 3. The molecule has 0 unspecified atom stereocenters. The third-order valence-corrected chi connectivity index (χ3v) is 4.66. The lowest BCUT2D eigenvalue weighted by atomic mass is 10.1. The van der Waals surface area contributed by atoms with Crippen LogP contribution in [-0.2, 0) is 16.6 Å². The molecule has 154 valence electrons. The Labute approximate surface area is 173 Å². The van der Waals surface area contributed by atoms with Gasteiger partial charge in [0.05, 0.1) is 13.2 Å². The number of hydrogen-bond acceptors (Lipinski definition) is 6. The number of carbonyl (C=O) groups is 2. The Morgan fingerprint density at radius 2 is 1.83 bits per heavy atom. The number of primary amides is 1. The number of nitrogens with two attached hydrogens (primary N) is 1. The minimum Gasteiger partial charge on any atom is -0.490 e. The topological polar surface area (TPSA) is 106 Å². The number of rotatable bonds is 5. The van der Waals surface area contributed by atoms with Crippen molar-refractivity contribution in [1.82, 2.24) is 9.78 Å². The maximum absolute atomic E-state index is 12.9. The molecular weight excluding hydrogens is 386 g/mol. The normalized spacial score (nSPS) is 13.9. The molecule has 0 spiro atoms. The number of aryl methyl sites for hydroxylation is 1. The highest BCUT2D eigenvalue weighted by Gasteiger charge is 2.27. The number of nitrogens with zero attached hydrogens (tertiary/aromatic N) is 2. The van der Waals surface area contributed by atoms with Crippen LogP contribution in [0.25, 0.3) is 11.3 Å². The lowest BCUT2D eigenvalue weighted by Gasteiger charge is -2.15. The molecule has 1 amide bonds. The minimum absolute atomic E-state index is 0.217. The molecule has 8 nitrogen and oxygen atoms in total. The predicted octanol–water partition coefficient (Wildman–Crippen LogP) is 2.63. The van der Waals surface area contributed by atoms with Crippen LogP contribution in [0.1, 0.15) is 28.4 Å². The fourth-order valence-electron chi connectivity index (χ4n) is 3.25. The van der Waals surface area contributed by atoms with Crippen LogP contribution in [0.5, 0.6) is 11.5 Å². The molecule has 0 bridgehead atoms. The second-order valence-electron chi connectivity index (χ2n) is 6.88. The molecule has 2 N–H and O–H groups in total. The average molecular weight is 407 g/mol. The second-order valence-corrected chi connectivity index (χ2v) is 6.88. The molecule has 1 aliphatic rings. The summed E-state index contributed by atoms with van der Waals surface area (Å²) in [6, 6.07) is 14.0. The molecule has 0 aliphatic carbocycles. The van der Waals surface area contributed by atoms with Gasteiger partial charge in [0.15, 0.2) is 11.5 Å². The predicted molar refractivity (Wildman–Crippen MR) is 108 cm³/mol. The van der Waals surface area contributed by atoms with Crippen LogP contribution in [0, 0.1) is 0 Å². The first-order valence-corrected chi connectivity index (χ1v) is 9.52. The van der Waals surface area contributed by atoms with Crippen molar-refractivity contribution >= 4 is 11.9 Å². The van der Waals surface area contributed by atoms with Gasteiger partial charge in [0.2, 0.25) is 6.10 Å². The quantitative estimate of drug-likeness (QED) is 0.652. The van der Waals surface area contributed by atoms with E-state index in [1.54, 1.807) is 61.8 Å². The van der Waals surface area contributed by atoms with Crippen LogP contribution in [0.2, 0.25) is 0 Å². The van der Waals surface area contributed by atoms with Crippen LogP contribution >= 0.6 is 0 Å². The Morgan fingerprint density at radius 1 is 1.10 bits per heavy atom. The molecule has 30 heavy (non-hydrogen) atoms. The Hall–Kier alpha value is -3.81. The third kappa shape index (κ3) is 3.98. The van der Waals surface area contributed by atoms with Crippen molar-refractivity contribution in [2.45, 2.75) is 12.5 Å². The summed E-state index contributed by atoms with van der Waals surface area (Å²) in [4.78, 5) is 24.9. The van der Waals surface area contributed by atoms with Crippen LogP contribution in [0.4, 0.5) is 0 Å². The van der Waals surface area contributed by atoms with E-state index in [0.29, 0.717) is 41.5 Å². The van der Waals surface area contributed by atoms with E-state index in [1.807, 2.05) is 0 Å². The van der Waals surface area contributed by atoms with E-state index in [1.165, 1.54) is 4.68 Å². The van der Waals surface area contributed by atoms with Gasteiger partial charge in [0.25, 0.3) is 5.91 Å². The molecule has 0 saturated carbocycles. The highest BCUT2D eigenvalue weighted by molar-refractivity contribution is 5.97. The molecule has 4 rings (SSSR count). The Morgan fingerprint density at radius 3 is 2.57 bits per heavy atom. The zero-order valence-electron chi connectivity index (χ0n) is 16.4. The van der Waals surface area contributed by atoms with Crippen LogP contribution in [0.15, 0.2) is 54.7 Å². The first-order valence-electron chi connectivity index (χ1n) is 9.52. The second kappa shape index (κ2) is 8.28. The molecule has 3 aromatic rings. The van der Waals surface area contributed by atoms with Crippen molar-refractivity contribution in [2.24, 2.45) is 12.8 Å². The standard InChI is InChI=1S/C22H21N3O5/c1-25-13-16(22(27)30-20(21(23)26)14-6-3-2-4-7-14)19(24-25)15-8-9-17-18(12-15)29-11-5-10-28-17/h2-4,6-9,12-13,20H,5,10-11H2,1H3,(H2,23,26)/t20-/m1/s1. The SMILES string of the molecule is Cn1cc(C(=O)O[C@@H](C(N)=O)c2ccccc2)c(-c2ccc3c(c2)OCCCO3)n1. The number of hydrogen-bond donors (Lipinski definition) is 1. The summed E-state index contributed by atoms with van der Waals surface area (Å²) < 4.78 is 18.4. The number of aromatic nitrogens is 2. The number of esters is 1. The van der Waals surface area contributed by atoms with Crippen LogP contribution in [-0.4, -0.2) is 34.9 Å². The Kier molecular flexibility index (Phi) is 5.38. The van der Waals surface area contributed by atoms with Gasteiger partial charge in [-0.3, -0.25) is 9.48 Å². The molecule has 2 aromatic carbocycles. The van der Waals surface area contributed by atoms with Crippen LogP contribution < -0.4 is 15.2 Å². The van der Waals surface area contributed by atoms with Crippen molar-refractivity contribution in [3.8, 4) is 22.8 Å². The lowest BCUT2D eigenvalue weighted by Crippen LogP contribution is -2.26. The monoisotopic (exact) mass is 407 g/mol. The van der Waals surface area contributed by atoms with E-state index in [2.05, 4.69) is 5.10 Å². The van der Waals surface area contributed by atoms with Gasteiger partial charge in [-0.25, -0.2) is 4.79 Å². The van der Waals surface area contributed by atoms with Gasteiger partial charge < -0.3 is 19.9 Å². The van der Waals surface area contributed by atoms with E-state index in [4.69, 9.17) is 19.9 Å². The largest absolute Gasteiger partial charge is 0.490 e. The summed E-state index contributed by atoms with van der Waals surface area (Å²) in [5.74, 6) is -0.211. The minimum atomic E-state index is -1.20. The van der Waals surface area contributed by atoms with Gasteiger partial charge in [-0.05, 0) is 18.2 Å². The van der Waals surface area contributed by atoms with E-state index in [-0.39, 0.29) is 5.56 Å². The highest BCUT2D eigenvalue weighted by atomic mass is 16.5. The fourth-order valence-corrected chi connectivity index (χ4v) is 3.25. The zero-order valence-corrected chi connectivity index (χ0v) is 16.4. The zero-order chi connectivity index (χ0) is 21.1. The van der Waals surface area contributed by atoms with Crippen molar-refractivity contribution in [3.63, 3.8) is 0 Å². The van der Waals surface area contributed by atoms with Crippen LogP contribution in [0.3, 0.4) is 0 Å². The number of benzene rings is 2. The molecular formula is C22H21N3O5. The summed E-state index contributed by atoms with van der Waals surface area (Å²) >= 11 is 0. The van der Waals surface area contributed by atoms with Gasteiger partial charge >= 0.3 is 5.97 Å². The first kappa shape index (κ1) is 19.5. The van der Waals surface area contributed by atoms with Crippen molar-refractivity contribution in [2.75, 3.05) is 13.2 Å². The van der Waals surface area contributed by atoms with E-state index in [9.17, 15) is 9.59 Å². The maximum Gasteiger partial charge on any atom is 0.343 e. The lowest BCUT2D eigenvalue weighted by molar-refractivity contribution is -0.127. The summed E-state index contributed by atoms with van der Waals surface area (Å²) in [5, 5.41) is 4.40. The molecule has 0 saturated heterocycles. The fraction of sp³-hybridized carbons (Fsp3) is 0.227. The van der Waals surface area contributed by atoms with E-state index < -0.39 is 18.0 Å². The van der Waals surface area contributed by atoms with Gasteiger partial charge in [-0.2, -0.15) is 5.10 Å². The molecule has 0 radical (unpaired) electrons. The van der Waals surface area contributed by atoms with Gasteiger partial charge in [-0.15, -0.1) is 0 Å². The Balaban J connectivity index is 1.65. The number of carbonyl (C=O) groups excluding carboxylic acids is 2. The third-order valence-electron chi connectivity index (χ3n) is 4.66. The molecule has 8 heteroatoms. The highest BCUT2D eigenvalue weighted by Crippen LogP contribution is 2.35. The smallest absolute Gasteiger partial charge is 0.343 e. The maximum atomic E-state index is 12.9. The van der Waals surface area contributed by atoms with Gasteiger partial charge in [0.1, 0.15) is 11.3 Å². The average Bonchev–Trinajstić information content (AvgIpc) is 2.99. The van der Waals surface area contributed by atoms with Crippen molar-refractivity contribution < 1.29 is 23.8 Å².